The van der Waals surface area contributed by atoms with E-state index in [1.165, 1.54) is 20.8 Å². The van der Waals surface area contributed by atoms with Crippen molar-refractivity contribution in [3.05, 3.63) is 0 Å². The van der Waals surface area contributed by atoms with E-state index in [1.54, 1.807) is 0 Å². The fraction of sp³-hybridized carbons (Fsp3) is 0.630. The normalized spacial score (nSPS) is 15.0. The van der Waals surface area contributed by atoms with Gasteiger partial charge in [0.25, 0.3) is 0 Å². The van der Waals surface area contributed by atoms with E-state index in [0.717, 1.165) is 0 Å². The summed E-state index contributed by atoms with van der Waals surface area (Å²) in [6, 6.07) is -10.4. The van der Waals surface area contributed by atoms with E-state index in [1.807, 2.05) is 5.32 Å². The summed E-state index contributed by atoms with van der Waals surface area (Å²) in [6.07, 6.45) is -3.90. The second-order valence-corrected chi connectivity index (χ2v) is 10.8. The van der Waals surface area contributed by atoms with Crippen molar-refractivity contribution in [3.63, 3.8) is 0 Å². The predicted molar refractivity (Wildman–Crippen MR) is 162 cm³/mol. The minimum Gasteiger partial charge on any atom is -0.481 e. The van der Waals surface area contributed by atoms with Crippen LogP contribution >= 0.6 is 0 Å². The number of aliphatic hydroxyl groups excluding tert-OH is 1. The van der Waals surface area contributed by atoms with Crippen LogP contribution in [0.1, 0.15) is 59.3 Å². The number of hydrogen-bond acceptors (Lipinski definition) is 12. The minimum absolute atomic E-state index is 0.553. The van der Waals surface area contributed by atoms with Gasteiger partial charge < -0.3 is 63.2 Å². The number of amides is 6. The number of carbonyl (C=O) groups excluding carboxylic acids is 6. The molecule has 0 aliphatic carbocycles. The van der Waals surface area contributed by atoms with Gasteiger partial charge in [0.05, 0.1) is 12.6 Å². The molecule has 0 heterocycles. The van der Waals surface area contributed by atoms with Crippen molar-refractivity contribution in [1.82, 2.24) is 31.9 Å². The van der Waals surface area contributed by atoms with Gasteiger partial charge in [0.15, 0.2) is 0 Å². The molecule has 6 amide bonds. The Morgan fingerprint density at radius 1 is 0.469 bits per heavy atom. The number of nitrogens with two attached hydrogens (primary N) is 1. The topological polar surface area (TPSA) is 370 Å². The zero-order valence-corrected chi connectivity index (χ0v) is 26.9. The molecular formula is C27H43N7O15. The standard InChI is InChI=1S/C27H43N7O15/c1-11(28)21(42)29-12(2)22(43)30-13(3)23(44)31-14(4-7-18(36)37)24(45)32-15(5-8-19(38)39)25(46)33-16(6-9-20(40)41)26(47)34-17(10-35)27(48)49/h11-17,35H,4-10,28H2,1-3H3,(H,29,42)(H,30,43)(H,31,44)(H,32,45)(H,33,46)(H,34,47)(H,36,37)(H,38,39)(H,40,41)(H,48,49). The van der Waals surface area contributed by atoms with E-state index in [-0.39, 0.29) is 0 Å². The molecular weight excluding hydrogens is 662 g/mol. The zero-order chi connectivity index (χ0) is 38.0. The Hall–Kier alpha value is -5.38. The van der Waals surface area contributed by atoms with Gasteiger partial charge in [-0.3, -0.25) is 43.2 Å². The molecule has 13 N–H and O–H groups in total. The maximum atomic E-state index is 13.2. The summed E-state index contributed by atoms with van der Waals surface area (Å²) in [4.78, 5) is 121. The summed E-state index contributed by atoms with van der Waals surface area (Å²) < 4.78 is 0. The summed E-state index contributed by atoms with van der Waals surface area (Å²) in [7, 11) is 0. The van der Waals surface area contributed by atoms with E-state index in [2.05, 4.69) is 26.6 Å². The van der Waals surface area contributed by atoms with Gasteiger partial charge in [0.1, 0.15) is 36.3 Å². The van der Waals surface area contributed by atoms with Crippen LogP contribution in [0.3, 0.4) is 0 Å². The van der Waals surface area contributed by atoms with Gasteiger partial charge in [0.2, 0.25) is 35.4 Å². The number of hydrogen-bond donors (Lipinski definition) is 12. The maximum absolute atomic E-state index is 13.2. The van der Waals surface area contributed by atoms with E-state index < -0.39 is 147 Å². The number of aliphatic carboxylic acids is 4. The van der Waals surface area contributed by atoms with Crippen LogP contribution in [0.5, 0.6) is 0 Å². The highest BCUT2D eigenvalue weighted by molar-refractivity contribution is 5.97. The average Bonchev–Trinajstić information content (AvgIpc) is 3.00. The predicted octanol–water partition coefficient (Wildman–Crippen LogP) is -5.05. The molecule has 0 aliphatic heterocycles. The highest BCUT2D eigenvalue weighted by Crippen LogP contribution is 2.07. The number of carboxylic acids is 4. The minimum atomic E-state index is -1.83. The third-order valence-electron chi connectivity index (χ3n) is 6.55. The smallest absolute Gasteiger partial charge is 0.328 e. The van der Waals surface area contributed by atoms with Crippen molar-refractivity contribution in [2.75, 3.05) is 6.61 Å². The zero-order valence-electron chi connectivity index (χ0n) is 26.9. The Morgan fingerprint density at radius 2 is 0.755 bits per heavy atom. The molecule has 0 radical (unpaired) electrons. The van der Waals surface area contributed by atoms with Gasteiger partial charge in [-0.2, -0.15) is 0 Å². The lowest BCUT2D eigenvalue weighted by atomic mass is 10.1. The summed E-state index contributed by atoms with van der Waals surface area (Å²) >= 11 is 0. The molecule has 0 saturated heterocycles. The molecule has 0 aliphatic rings. The average molecular weight is 706 g/mol. The molecule has 0 saturated carbocycles. The Labute approximate surface area is 278 Å². The second-order valence-electron chi connectivity index (χ2n) is 10.8. The van der Waals surface area contributed by atoms with Crippen molar-refractivity contribution in [1.29, 1.82) is 0 Å². The molecule has 7 unspecified atom stereocenters. The first-order valence-electron chi connectivity index (χ1n) is 14.8. The largest absolute Gasteiger partial charge is 0.481 e. The molecule has 49 heavy (non-hydrogen) atoms. The number of carbonyl (C=O) groups is 10. The Bertz CT molecular complexity index is 1260. The summed E-state index contributed by atoms with van der Waals surface area (Å²) in [5, 5.41) is 58.6. The van der Waals surface area contributed by atoms with Crippen molar-refractivity contribution in [2.24, 2.45) is 5.73 Å². The quantitative estimate of drug-likeness (QED) is 0.0473. The van der Waals surface area contributed by atoms with E-state index in [9.17, 15) is 53.1 Å². The van der Waals surface area contributed by atoms with Crippen LogP contribution in [0.25, 0.3) is 0 Å². The van der Waals surface area contributed by atoms with Crippen molar-refractivity contribution >= 4 is 59.3 Å². The van der Waals surface area contributed by atoms with Gasteiger partial charge in [-0.15, -0.1) is 0 Å². The fourth-order valence-electron chi connectivity index (χ4n) is 3.72. The van der Waals surface area contributed by atoms with Crippen LogP contribution in [0, 0.1) is 0 Å². The second kappa shape index (κ2) is 21.5. The molecule has 0 rings (SSSR count). The molecule has 22 heteroatoms. The fourth-order valence-corrected chi connectivity index (χ4v) is 3.72. The molecule has 0 fully saturated rings. The van der Waals surface area contributed by atoms with Crippen LogP contribution in [0.2, 0.25) is 0 Å². The number of carboxylic acid groups (broad SMARTS) is 4. The molecule has 7 atom stereocenters. The number of rotatable bonds is 23. The van der Waals surface area contributed by atoms with Crippen molar-refractivity contribution < 1.29 is 73.5 Å². The first kappa shape index (κ1) is 43.6. The molecule has 22 nitrogen and oxygen atoms in total. The SMILES string of the molecule is CC(N)C(=O)NC(C)C(=O)NC(C)C(=O)NC(CCC(=O)O)C(=O)NC(CCC(=O)O)C(=O)NC(CCC(=O)O)C(=O)NC(CO)C(=O)O. The van der Waals surface area contributed by atoms with Gasteiger partial charge in [-0.25, -0.2) is 4.79 Å². The molecule has 0 aromatic rings. The summed E-state index contributed by atoms with van der Waals surface area (Å²) in [5.74, 6) is -12.0. The molecule has 0 aromatic carbocycles. The highest BCUT2D eigenvalue weighted by Gasteiger charge is 2.33. The van der Waals surface area contributed by atoms with Crippen LogP contribution < -0.4 is 37.6 Å². The molecule has 0 aromatic heterocycles. The maximum Gasteiger partial charge on any atom is 0.328 e. The Balaban J connectivity index is 6.03. The van der Waals surface area contributed by atoms with Gasteiger partial charge in [0, 0.05) is 19.3 Å². The first-order chi connectivity index (χ1) is 22.7. The van der Waals surface area contributed by atoms with Crippen LogP contribution in [-0.2, 0) is 47.9 Å². The van der Waals surface area contributed by atoms with Gasteiger partial charge in [-0.1, -0.05) is 0 Å². The lowest BCUT2D eigenvalue weighted by molar-refractivity contribution is -0.144. The molecule has 0 bridgehead atoms. The lowest BCUT2D eigenvalue weighted by Gasteiger charge is -2.26. The third-order valence-corrected chi connectivity index (χ3v) is 6.55. The third kappa shape index (κ3) is 17.4. The molecule has 276 valence electrons. The lowest BCUT2D eigenvalue weighted by Crippen LogP contribution is -2.59. The summed E-state index contributed by atoms with van der Waals surface area (Å²) in [5.41, 5.74) is 5.44. The van der Waals surface area contributed by atoms with E-state index in [0.29, 0.717) is 0 Å². The van der Waals surface area contributed by atoms with Crippen LogP contribution in [0.15, 0.2) is 0 Å². The van der Waals surface area contributed by atoms with Gasteiger partial charge in [-0.05, 0) is 40.0 Å². The van der Waals surface area contributed by atoms with Crippen LogP contribution in [-0.4, -0.2) is 134 Å². The molecule has 0 spiro atoms. The van der Waals surface area contributed by atoms with Gasteiger partial charge >= 0.3 is 23.9 Å². The number of aliphatic hydroxyl groups is 1. The number of nitrogens with one attached hydrogen (secondary N) is 6. The van der Waals surface area contributed by atoms with Crippen molar-refractivity contribution in [3.8, 4) is 0 Å². The Kier molecular flexibility index (Phi) is 19.1. The van der Waals surface area contributed by atoms with E-state index in [4.69, 9.17) is 26.2 Å². The summed E-state index contributed by atoms with van der Waals surface area (Å²) in [6.45, 7) is 2.82. The van der Waals surface area contributed by atoms with Crippen LogP contribution in [0.4, 0.5) is 0 Å². The first-order valence-corrected chi connectivity index (χ1v) is 14.8. The monoisotopic (exact) mass is 705 g/mol. The highest BCUT2D eigenvalue weighted by atomic mass is 16.4. The van der Waals surface area contributed by atoms with E-state index >= 15 is 0 Å². The van der Waals surface area contributed by atoms with Crippen molar-refractivity contribution in [2.45, 2.75) is 102 Å². The Morgan fingerprint density at radius 3 is 1.04 bits per heavy atom.